The Morgan fingerprint density at radius 2 is 2.08 bits per heavy atom. The normalized spacial score (nSPS) is 10.5. The van der Waals surface area contributed by atoms with Gasteiger partial charge in [-0.3, -0.25) is 9.59 Å². The monoisotopic (exact) mass is 360 g/mol. The lowest BCUT2D eigenvalue weighted by molar-refractivity contribution is -0.133. The fraction of sp³-hybridized carbons (Fsp3) is 0.389. The van der Waals surface area contributed by atoms with Gasteiger partial charge in [0.05, 0.1) is 12.2 Å². The second kappa shape index (κ2) is 9.27. The predicted molar refractivity (Wildman–Crippen MR) is 101 cm³/mol. The van der Waals surface area contributed by atoms with Crippen molar-refractivity contribution < 1.29 is 9.59 Å². The van der Waals surface area contributed by atoms with Gasteiger partial charge < -0.3 is 14.8 Å². The number of thioether (sulfide) groups is 1. The van der Waals surface area contributed by atoms with Gasteiger partial charge in [-0.05, 0) is 31.7 Å². The number of nitrogens with zero attached hydrogens (tertiary/aromatic N) is 3. The molecule has 1 aromatic heterocycles. The number of hydrogen-bond donors (Lipinski definition) is 1. The Morgan fingerprint density at radius 1 is 1.32 bits per heavy atom. The maximum absolute atomic E-state index is 12.2. The Labute approximate surface area is 152 Å². The number of aryl methyl sites for hydroxylation is 2. The molecule has 0 unspecified atom stereocenters. The molecule has 6 nitrogen and oxygen atoms in total. The minimum absolute atomic E-state index is 0.0360. The smallest absolute Gasteiger partial charge is 0.244 e. The molecule has 0 atom stereocenters. The number of para-hydroxylation sites is 1. The van der Waals surface area contributed by atoms with Crippen molar-refractivity contribution >= 4 is 29.3 Å². The summed E-state index contributed by atoms with van der Waals surface area (Å²) in [5.74, 6) is 0.710. The van der Waals surface area contributed by atoms with Gasteiger partial charge in [0.1, 0.15) is 5.82 Å². The van der Waals surface area contributed by atoms with Crippen molar-refractivity contribution in [1.82, 2.24) is 14.5 Å². The topological polar surface area (TPSA) is 67.2 Å². The number of carbonyl (C=O) groups is 2. The molecule has 0 aliphatic heterocycles. The lowest BCUT2D eigenvalue weighted by Gasteiger charge is -2.17. The highest BCUT2D eigenvalue weighted by Crippen LogP contribution is 2.24. The van der Waals surface area contributed by atoms with Gasteiger partial charge >= 0.3 is 0 Å². The molecule has 2 amide bonds. The molecule has 1 N–H and O–H groups in total. The SMILES string of the molecule is CSc1ccccc1NC(=O)CN(C)C(=O)CCCn1ccnc1C. The van der Waals surface area contributed by atoms with E-state index in [1.54, 1.807) is 25.0 Å². The second-order valence-corrected chi connectivity index (χ2v) is 6.62. The van der Waals surface area contributed by atoms with Crippen molar-refractivity contribution in [1.29, 1.82) is 0 Å². The Kier molecular flexibility index (Phi) is 7.06. The number of imidazole rings is 1. The number of anilines is 1. The maximum Gasteiger partial charge on any atom is 0.244 e. The molecule has 7 heteroatoms. The Hall–Kier alpha value is -2.28. The van der Waals surface area contributed by atoms with E-state index in [-0.39, 0.29) is 18.4 Å². The summed E-state index contributed by atoms with van der Waals surface area (Å²) in [7, 11) is 1.66. The van der Waals surface area contributed by atoms with Gasteiger partial charge in [-0.2, -0.15) is 0 Å². The van der Waals surface area contributed by atoms with Crippen LogP contribution in [-0.4, -0.2) is 46.1 Å². The fourth-order valence-electron chi connectivity index (χ4n) is 2.47. The molecule has 0 radical (unpaired) electrons. The fourth-order valence-corrected chi connectivity index (χ4v) is 3.03. The molecule has 0 saturated heterocycles. The van der Waals surface area contributed by atoms with Crippen molar-refractivity contribution in [3.05, 3.63) is 42.5 Å². The van der Waals surface area contributed by atoms with E-state index in [0.29, 0.717) is 6.42 Å². The molecule has 0 fully saturated rings. The van der Waals surface area contributed by atoms with Gasteiger partial charge in [-0.25, -0.2) is 4.98 Å². The molecule has 0 saturated carbocycles. The van der Waals surface area contributed by atoms with Crippen LogP contribution < -0.4 is 5.32 Å². The molecular weight excluding hydrogens is 336 g/mol. The summed E-state index contributed by atoms with van der Waals surface area (Å²) >= 11 is 1.57. The molecule has 0 bridgehead atoms. The zero-order valence-corrected chi connectivity index (χ0v) is 15.7. The molecule has 134 valence electrons. The molecule has 25 heavy (non-hydrogen) atoms. The number of carbonyl (C=O) groups excluding carboxylic acids is 2. The molecule has 0 aliphatic rings. The standard InChI is InChI=1S/C18H24N4O2S/c1-14-19-10-12-22(14)11-6-9-18(24)21(2)13-17(23)20-15-7-4-5-8-16(15)25-3/h4-5,7-8,10,12H,6,9,11,13H2,1-3H3,(H,20,23). The van der Waals surface area contributed by atoms with Gasteiger partial charge in [-0.1, -0.05) is 12.1 Å². The van der Waals surface area contributed by atoms with Gasteiger partial charge in [0, 0.05) is 37.3 Å². The molecule has 0 spiro atoms. The van der Waals surface area contributed by atoms with E-state index in [1.807, 2.05) is 48.2 Å². The number of nitrogens with one attached hydrogen (secondary N) is 1. The first-order valence-corrected chi connectivity index (χ1v) is 9.38. The average Bonchev–Trinajstić information content (AvgIpc) is 3.00. The van der Waals surface area contributed by atoms with E-state index < -0.39 is 0 Å². The first-order chi connectivity index (χ1) is 12.0. The maximum atomic E-state index is 12.2. The summed E-state index contributed by atoms with van der Waals surface area (Å²) in [4.78, 5) is 31.0. The van der Waals surface area contributed by atoms with Crippen molar-refractivity contribution in [3.8, 4) is 0 Å². The van der Waals surface area contributed by atoms with Gasteiger partial charge in [0.2, 0.25) is 11.8 Å². The predicted octanol–water partition coefficient (Wildman–Crippen LogP) is 2.79. The Morgan fingerprint density at radius 3 is 2.76 bits per heavy atom. The van der Waals surface area contributed by atoms with Crippen LogP contribution in [0, 0.1) is 6.92 Å². The van der Waals surface area contributed by atoms with Crippen LogP contribution in [0.5, 0.6) is 0 Å². The number of benzene rings is 1. The lowest BCUT2D eigenvalue weighted by Crippen LogP contribution is -2.35. The zero-order valence-electron chi connectivity index (χ0n) is 14.9. The number of rotatable bonds is 8. The molecule has 0 aliphatic carbocycles. The third kappa shape index (κ3) is 5.63. The van der Waals surface area contributed by atoms with Crippen molar-refractivity contribution in [3.63, 3.8) is 0 Å². The first kappa shape index (κ1) is 19.1. The molecule has 2 aromatic rings. The minimum atomic E-state index is -0.192. The third-order valence-electron chi connectivity index (χ3n) is 3.90. The van der Waals surface area contributed by atoms with Crippen LogP contribution in [0.3, 0.4) is 0 Å². The molecular formula is C18H24N4O2S. The summed E-state index contributed by atoms with van der Waals surface area (Å²) in [5, 5.41) is 2.87. The van der Waals surface area contributed by atoms with Crippen molar-refractivity contribution in [2.45, 2.75) is 31.2 Å². The number of hydrogen-bond acceptors (Lipinski definition) is 4. The van der Waals surface area contributed by atoms with Crippen LogP contribution in [-0.2, 0) is 16.1 Å². The highest BCUT2D eigenvalue weighted by atomic mass is 32.2. The largest absolute Gasteiger partial charge is 0.336 e. The molecule has 1 heterocycles. The number of likely N-dealkylation sites (N-methyl/N-ethyl adjacent to an activating group) is 1. The Bertz CT molecular complexity index is 729. The Balaban J connectivity index is 1.78. The van der Waals surface area contributed by atoms with E-state index in [2.05, 4.69) is 10.3 Å². The summed E-state index contributed by atoms with van der Waals surface area (Å²) in [6, 6.07) is 7.62. The third-order valence-corrected chi connectivity index (χ3v) is 4.70. The minimum Gasteiger partial charge on any atom is -0.336 e. The lowest BCUT2D eigenvalue weighted by atomic mass is 10.2. The highest BCUT2D eigenvalue weighted by Gasteiger charge is 2.14. The average molecular weight is 360 g/mol. The van der Waals surface area contributed by atoms with Crippen LogP contribution in [0.1, 0.15) is 18.7 Å². The number of aromatic nitrogens is 2. The van der Waals surface area contributed by atoms with E-state index in [9.17, 15) is 9.59 Å². The van der Waals surface area contributed by atoms with Crippen LogP contribution in [0.15, 0.2) is 41.6 Å². The first-order valence-electron chi connectivity index (χ1n) is 8.16. The zero-order chi connectivity index (χ0) is 18.2. The van der Waals surface area contributed by atoms with Crippen LogP contribution in [0.2, 0.25) is 0 Å². The van der Waals surface area contributed by atoms with Crippen molar-refractivity contribution in [2.24, 2.45) is 0 Å². The quantitative estimate of drug-likeness (QED) is 0.735. The van der Waals surface area contributed by atoms with Crippen LogP contribution in [0.25, 0.3) is 0 Å². The van der Waals surface area contributed by atoms with E-state index in [4.69, 9.17) is 0 Å². The van der Waals surface area contributed by atoms with Gasteiger partial charge in [0.15, 0.2) is 0 Å². The molecule has 2 rings (SSSR count). The van der Waals surface area contributed by atoms with E-state index in [1.165, 1.54) is 4.90 Å². The van der Waals surface area contributed by atoms with Crippen LogP contribution in [0.4, 0.5) is 5.69 Å². The van der Waals surface area contributed by atoms with Gasteiger partial charge in [0.25, 0.3) is 0 Å². The van der Waals surface area contributed by atoms with E-state index >= 15 is 0 Å². The summed E-state index contributed by atoms with van der Waals surface area (Å²) in [6.45, 7) is 2.73. The molecule has 1 aromatic carbocycles. The highest BCUT2D eigenvalue weighted by molar-refractivity contribution is 7.98. The van der Waals surface area contributed by atoms with Crippen LogP contribution >= 0.6 is 11.8 Å². The van der Waals surface area contributed by atoms with Gasteiger partial charge in [-0.15, -0.1) is 11.8 Å². The summed E-state index contributed by atoms with van der Waals surface area (Å²) in [6.07, 6.45) is 6.74. The summed E-state index contributed by atoms with van der Waals surface area (Å²) < 4.78 is 2.01. The number of amides is 2. The van der Waals surface area contributed by atoms with E-state index in [0.717, 1.165) is 29.4 Å². The second-order valence-electron chi connectivity index (χ2n) is 5.77. The van der Waals surface area contributed by atoms with Crippen molar-refractivity contribution in [2.75, 3.05) is 25.2 Å². The summed E-state index contributed by atoms with van der Waals surface area (Å²) in [5.41, 5.74) is 0.774.